The van der Waals surface area contributed by atoms with Gasteiger partial charge < -0.3 is 14.7 Å². The molecule has 0 bridgehead atoms. The molecule has 3 aromatic rings. The number of hydrogen-bond acceptors (Lipinski definition) is 6. The molecular formula is C22H27N5O2. The average Bonchev–Trinajstić information content (AvgIpc) is 3.11. The second-order valence-corrected chi connectivity index (χ2v) is 8.11. The van der Waals surface area contributed by atoms with E-state index in [2.05, 4.69) is 25.3 Å². The summed E-state index contributed by atoms with van der Waals surface area (Å²) in [6.45, 7) is 5.09. The molecule has 1 saturated carbocycles. The lowest BCUT2D eigenvalue weighted by molar-refractivity contribution is -0.00461. The number of aryl methyl sites for hydroxylation is 1. The molecule has 5 rings (SSSR count). The van der Waals surface area contributed by atoms with Crippen LogP contribution in [-0.2, 0) is 10.3 Å². The molecule has 0 unspecified atom stereocenters. The van der Waals surface area contributed by atoms with Gasteiger partial charge in [-0.25, -0.2) is 9.97 Å². The van der Waals surface area contributed by atoms with E-state index < -0.39 is 5.60 Å². The van der Waals surface area contributed by atoms with Crippen molar-refractivity contribution in [1.82, 2.24) is 19.4 Å². The van der Waals surface area contributed by atoms with Crippen molar-refractivity contribution in [2.45, 2.75) is 44.6 Å². The Hall–Kier alpha value is -2.51. The van der Waals surface area contributed by atoms with Crippen molar-refractivity contribution < 1.29 is 9.84 Å². The Morgan fingerprint density at radius 1 is 1.07 bits per heavy atom. The molecule has 2 aliphatic rings. The Kier molecular flexibility index (Phi) is 4.72. The van der Waals surface area contributed by atoms with Gasteiger partial charge in [-0.2, -0.15) is 0 Å². The fraction of sp³-hybridized carbons (Fsp3) is 0.500. The van der Waals surface area contributed by atoms with Gasteiger partial charge in [0.1, 0.15) is 5.60 Å². The second-order valence-electron chi connectivity index (χ2n) is 8.11. The van der Waals surface area contributed by atoms with Gasteiger partial charge in [0.05, 0.1) is 30.3 Å². The van der Waals surface area contributed by atoms with Crippen LogP contribution in [0.1, 0.15) is 43.5 Å². The first kappa shape index (κ1) is 18.5. The molecule has 0 amide bonds. The summed E-state index contributed by atoms with van der Waals surface area (Å²) in [6, 6.07) is 4.03. The van der Waals surface area contributed by atoms with Gasteiger partial charge in [0.2, 0.25) is 0 Å². The van der Waals surface area contributed by atoms with Crippen molar-refractivity contribution in [1.29, 1.82) is 0 Å². The van der Waals surface area contributed by atoms with Crippen LogP contribution in [-0.4, -0.2) is 50.8 Å². The highest BCUT2D eigenvalue weighted by Crippen LogP contribution is 2.37. The smallest absolute Gasteiger partial charge is 0.181 e. The molecule has 1 saturated heterocycles. The highest BCUT2D eigenvalue weighted by molar-refractivity contribution is 5.73. The first-order chi connectivity index (χ1) is 14.2. The van der Waals surface area contributed by atoms with Gasteiger partial charge in [0.15, 0.2) is 11.5 Å². The molecule has 3 aromatic heterocycles. The minimum absolute atomic E-state index is 0.712. The van der Waals surface area contributed by atoms with E-state index in [1.165, 1.54) is 6.42 Å². The zero-order valence-corrected chi connectivity index (χ0v) is 16.8. The molecule has 4 heterocycles. The van der Waals surface area contributed by atoms with Gasteiger partial charge in [-0.1, -0.05) is 19.3 Å². The van der Waals surface area contributed by atoms with Crippen molar-refractivity contribution in [2.75, 3.05) is 31.2 Å². The molecule has 1 aliphatic carbocycles. The van der Waals surface area contributed by atoms with E-state index in [1.807, 2.05) is 31.6 Å². The number of anilines is 1. The van der Waals surface area contributed by atoms with E-state index in [9.17, 15) is 5.11 Å². The summed E-state index contributed by atoms with van der Waals surface area (Å²) in [7, 11) is 0. The third-order valence-electron chi connectivity index (χ3n) is 6.20. The Bertz CT molecular complexity index is 1000. The fourth-order valence-electron chi connectivity index (χ4n) is 4.63. The van der Waals surface area contributed by atoms with Gasteiger partial charge in [-0.3, -0.25) is 9.38 Å². The van der Waals surface area contributed by atoms with Crippen molar-refractivity contribution in [3.05, 3.63) is 42.1 Å². The highest BCUT2D eigenvalue weighted by atomic mass is 16.5. The standard InChI is InChI=1S/C22H27N5O2/c1-16-19(17-5-6-18(24-15-17)22(28)7-3-2-4-8-22)27-10-9-23-20(21(27)25-16)26-11-13-29-14-12-26/h5-6,9-10,15,28H,2-4,7-8,11-14H2,1H3. The van der Waals surface area contributed by atoms with Gasteiger partial charge in [0, 0.05) is 37.2 Å². The first-order valence-electron chi connectivity index (χ1n) is 10.5. The van der Waals surface area contributed by atoms with Crippen molar-refractivity contribution in [3.8, 4) is 11.3 Å². The van der Waals surface area contributed by atoms with Crippen LogP contribution in [0.15, 0.2) is 30.7 Å². The number of hydrogen-bond donors (Lipinski definition) is 1. The van der Waals surface area contributed by atoms with E-state index in [0.29, 0.717) is 13.2 Å². The monoisotopic (exact) mass is 393 g/mol. The normalized spacial score (nSPS) is 19.6. The number of aromatic nitrogens is 4. The Labute approximate surface area is 170 Å². The lowest BCUT2D eigenvalue weighted by Crippen LogP contribution is -2.37. The fourth-order valence-corrected chi connectivity index (χ4v) is 4.63. The molecule has 2 fully saturated rings. The quantitative estimate of drug-likeness (QED) is 0.737. The van der Waals surface area contributed by atoms with Gasteiger partial charge in [-0.05, 0) is 31.9 Å². The van der Waals surface area contributed by atoms with E-state index >= 15 is 0 Å². The molecule has 1 N–H and O–H groups in total. The molecule has 0 aromatic carbocycles. The summed E-state index contributed by atoms with van der Waals surface area (Å²) in [4.78, 5) is 16.3. The number of imidazole rings is 1. The molecule has 29 heavy (non-hydrogen) atoms. The maximum absolute atomic E-state index is 11.0. The van der Waals surface area contributed by atoms with Crippen molar-refractivity contribution in [3.63, 3.8) is 0 Å². The second kappa shape index (κ2) is 7.39. The van der Waals surface area contributed by atoms with E-state index in [4.69, 9.17) is 9.72 Å². The summed E-state index contributed by atoms with van der Waals surface area (Å²) in [5.41, 5.74) is 3.82. The molecular weight excluding hydrogens is 366 g/mol. The highest BCUT2D eigenvalue weighted by Gasteiger charge is 2.32. The van der Waals surface area contributed by atoms with Gasteiger partial charge in [-0.15, -0.1) is 0 Å². The Morgan fingerprint density at radius 2 is 1.86 bits per heavy atom. The maximum atomic E-state index is 11.0. The largest absolute Gasteiger partial charge is 0.384 e. The summed E-state index contributed by atoms with van der Waals surface area (Å²) in [6.07, 6.45) is 10.6. The lowest BCUT2D eigenvalue weighted by Gasteiger charge is -2.31. The lowest BCUT2D eigenvalue weighted by atomic mass is 9.82. The topological polar surface area (TPSA) is 75.8 Å². The van der Waals surface area contributed by atoms with Crippen LogP contribution in [0, 0.1) is 6.92 Å². The van der Waals surface area contributed by atoms with Crippen LogP contribution < -0.4 is 4.90 Å². The van der Waals surface area contributed by atoms with Crippen molar-refractivity contribution in [2.24, 2.45) is 0 Å². The van der Waals surface area contributed by atoms with Crippen LogP contribution in [0.2, 0.25) is 0 Å². The molecule has 152 valence electrons. The SMILES string of the molecule is Cc1nc2c(N3CCOCC3)nccn2c1-c1ccc(C2(O)CCCCC2)nc1. The predicted molar refractivity (Wildman–Crippen MR) is 111 cm³/mol. The van der Waals surface area contributed by atoms with Crippen LogP contribution in [0.25, 0.3) is 16.9 Å². The number of fused-ring (bicyclic) bond motifs is 1. The number of ether oxygens (including phenoxy) is 1. The van der Waals surface area contributed by atoms with Gasteiger partial charge in [0.25, 0.3) is 0 Å². The average molecular weight is 393 g/mol. The van der Waals surface area contributed by atoms with Crippen LogP contribution in [0.4, 0.5) is 5.82 Å². The van der Waals surface area contributed by atoms with Gasteiger partial charge >= 0.3 is 0 Å². The molecule has 7 nitrogen and oxygen atoms in total. The molecule has 1 aliphatic heterocycles. The third kappa shape index (κ3) is 3.28. The number of morpholine rings is 1. The van der Waals surface area contributed by atoms with E-state index in [1.54, 1.807) is 0 Å². The molecule has 7 heteroatoms. The number of pyridine rings is 1. The zero-order valence-electron chi connectivity index (χ0n) is 16.8. The number of aliphatic hydroxyl groups is 1. The Balaban J connectivity index is 1.52. The predicted octanol–water partition coefficient (Wildman–Crippen LogP) is 3.09. The van der Waals surface area contributed by atoms with Crippen molar-refractivity contribution >= 4 is 11.5 Å². The Morgan fingerprint density at radius 3 is 2.59 bits per heavy atom. The van der Waals surface area contributed by atoms with E-state index in [0.717, 1.165) is 72.9 Å². The molecule has 0 spiro atoms. The minimum atomic E-state index is -0.779. The summed E-state index contributed by atoms with van der Waals surface area (Å²) >= 11 is 0. The number of rotatable bonds is 3. The summed E-state index contributed by atoms with van der Waals surface area (Å²) < 4.78 is 7.57. The minimum Gasteiger partial charge on any atom is -0.384 e. The van der Waals surface area contributed by atoms with Crippen LogP contribution >= 0.6 is 0 Å². The summed E-state index contributed by atoms with van der Waals surface area (Å²) in [5, 5.41) is 11.0. The first-order valence-corrected chi connectivity index (χ1v) is 10.5. The van der Waals surface area contributed by atoms with E-state index in [-0.39, 0.29) is 0 Å². The maximum Gasteiger partial charge on any atom is 0.181 e. The zero-order chi connectivity index (χ0) is 19.8. The third-order valence-corrected chi connectivity index (χ3v) is 6.20. The summed E-state index contributed by atoms with van der Waals surface area (Å²) in [5.74, 6) is 0.895. The number of nitrogens with zero attached hydrogens (tertiary/aromatic N) is 5. The molecule has 0 atom stereocenters. The van der Waals surface area contributed by atoms with Crippen LogP contribution in [0.3, 0.4) is 0 Å². The van der Waals surface area contributed by atoms with Crippen LogP contribution in [0.5, 0.6) is 0 Å². The molecule has 0 radical (unpaired) electrons.